The molecule has 0 spiro atoms. The molecule has 0 aliphatic carbocycles. The first-order valence-corrected chi connectivity index (χ1v) is 7.14. The fourth-order valence-electron chi connectivity index (χ4n) is 2.77. The molecule has 4 aromatic rings. The summed E-state index contributed by atoms with van der Waals surface area (Å²) in [5, 5.41) is 8.59. The number of benzene rings is 4. The van der Waals surface area contributed by atoms with E-state index in [9.17, 15) is 0 Å². The van der Waals surface area contributed by atoms with Gasteiger partial charge >= 0.3 is 0 Å². The number of para-hydroxylation sites is 1. The summed E-state index contributed by atoms with van der Waals surface area (Å²) in [6.45, 7) is 0. The van der Waals surface area contributed by atoms with Gasteiger partial charge in [0, 0.05) is 11.4 Å². The van der Waals surface area contributed by atoms with Crippen LogP contribution in [0.2, 0.25) is 0 Å². The van der Waals surface area contributed by atoms with E-state index in [2.05, 4.69) is 72.0 Å². The molecule has 0 unspecified atom stereocenters. The molecular formula is C20H15N. The van der Waals surface area contributed by atoms with Crippen LogP contribution in [0.25, 0.3) is 21.5 Å². The van der Waals surface area contributed by atoms with Crippen LogP contribution in [-0.4, -0.2) is 0 Å². The summed E-state index contributed by atoms with van der Waals surface area (Å²) in [6.07, 6.45) is 0. The molecule has 0 amide bonds. The first-order chi connectivity index (χ1) is 10.4. The van der Waals surface area contributed by atoms with Crippen LogP contribution in [0.5, 0.6) is 0 Å². The van der Waals surface area contributed by atoms with Crippen LogP contribution >= 0.6 is 0 Å². The average Bonchev–Trinajstić information content (AvgIpc) is 2.56. The predicted molar refractivity (Wildman–Crippen MR) is 91.2 cm³/mol. The Hall–Kier alpha value is -2.80. The van der Waals surface area contributed by atoms with Gasteiger partial charge in [-0.3, -0.25) is 0 Å². The third-order valence-electron chi connectivity index (χ3n) is 3.81. The zero-order valence-corrected chi connectivity index (χ0v) is 11.6. The van der Waals surface area contributed by atoms with Crippen molar-refractivity contribution in [3.8, 4) is 0 Å². The molecule has 100 valence electrons. The molecule has 1 heteroatoms. The number of hydrogen-bond donors (Lipinski definition) is 1. The van der Waals surface area contributed by atoms with Gasteiger partial charge in [0.15, 0.2) is 0 Å². The molecule has 4 rings (SSSR count). The second-order valence-corrected chi connectivity index (χ2v) is 5.21. The topological polar surface area (TPSA) is 12.0 Å². The standard InChI is InChI=1S/C20H15N/c1-2-7-17(8-3-1)21-18-13-12-16-11-10-15-6-4-5-9-19(15)20(16)14-18/h1-14,21H. The lowest BCUT2D eigenvalue weighted by Gasteiger charge is -2.09. The van der Waals surface area contributed by atoms with Crippen LogP contribution in [0.3, 0.4) is 0 Å². The number of rotatable bonds is 2. The molecule has 1 N–H and O–H groups in total. The largest absolute Gasteiger partial charge is 0.356 e. The lowest BCUT2D eigenvalue weighted by Crippen LogP contribution is -1.89. The predicted octanol–water partition coefficient (Wildman–Crippen LogP) is 5.74. The van der Waals surface area contributed by atoms with E-state index in [1.165, 1.54) is 21.5 Å². The van der Waals surface area contributed by atoms with Crippen molar-refractivity contribution in [3.63, 3.8) is 0 Å². The molecule has 0 aliphatic heterocycles. The van der Waals surface area contributed by atoms with Crippen LogP contribution < -0.4 is 5.32 Å². The van der Waals surface area contributed by atoms with Gasteiger partial charge < -0.3 is 5.32 Å². The minimum Gasteiger partial charge on any atom is -0.356 e. The van der Waals surface area contributed by atoms with E-state index >= 15 is 0 Å². The second kappa shape index (κ2) is 4.95. The average molecular weight is 269 g/mol. The smallest absolute Gasteiger partial charge is 0.0390 e. The van der Waals surface area contributed by atoms with Gasteiger partial charge in [-0.1, -0.05) is 60.7 Å². The number of fused-ring (bicyclic) bond motifs is 3. The van der Waals surface area contributed by atoms with Crippen molar-refractivity contribution in [1.82, 2.24) is 0 Å². The van der Waals surface area contributed by atoms with E-state index in [1.54, 1.807) is 0 Å². The highest BCUT2D eigenvalue weighted by Crippen LogP contribution is 2.28. The molecule has 0 atom stereocenters. The molecule has 21 heavy (non-hydrogen) atoms. The van der Waals surface area contributed by atoms with E-state index in [0.717, 1.165) is 11.4 Å². The number of hydrogen-bond acceptors (Lipinski definition) is 1. The number of anilines is 2. The Bertz CT molecular complexity index is 910. The molecule has 1 nitrogen and oxygen atoms in total. The fraction of sp³-hybridized carbons (Fsp3) is 0. The molecule has 0 saturated heterocycles. The van der Waals surface area contributed by atoms with Crippen molar-refractivity contribution in [3.05, 3.63) is 84.9 Å². The zero-order valence-electron chi connectivity index (χ0n) is 11.6. The van der Waals surface area contributed by atoms with E-state index in [1.807, 2.05) is 18.2 Å². The lowest BCUT2D eigenvalue weighted by molar-refractivity contribution is 1.57. The Morgan fingerprint density at radius 3 is 2.00 bits per heavy atom. The highest BCUT2D eigenvalue weighted by Gasteiger charge is 2.02. The SMILES string of the molecule is c1ccc(Nc2ccc3ccc4ccccc4c3c2)cc1. The quantitative estimate of drug-likeness (QED) is 0.458. The molecule has 0 fully saturated rings. The highest BCUT2D eigenvalue weighted by atomic mass is 14.9. The summed E-state index contributed by atoms with van der Waals surface area (Å²) < 4.78 is 0. The fourth-order valence-corrected chi connectivity index (χ4v) is 2.77. The van der Waals surface area contributed by atoms with Crippen molar-refractivity contribution >= 4 is 32.9 Å². The Labute approximate surface area is 123 Å². The minimum atomic E-state index is 1.11. The zero-order chi connectivity index (χ0) is 14.1. The van der Waals surface area contributed by atoms with Gasteiger partial charge in [0.05, 0.1) is 0 Å². The maximum absolute atomic E-state index is 3.46. The Morgan fingerprint density at radius 2 is 1.14 bits per heavy atom. The summed E-state index contributed by atoms with van der Waals surface area (Å²) >= 11 is 0. The first-order valence-electron chi connectivity index (χ1n) is 7.14. The molecule has 0 aliphatic rings. The maximum Gasteiger partial charge on any atom is 0.0390 e. The Morgan fingerprint density at radius 1 is 0.476 bits per heavy atom. The van der Waals surface area contributed by atoms with Gasteiger partial charge in [0.25, 0.3) is 0 Å². The van der Waals surface area contributed by atoms with Crippen LogP contribution in [0.15, 0.2) is 84.9 Å². The number of nitrogens with one attached hydrogen (secondary N) is 1. The lowest BCUT2D eigenvalue weighted by atomic mass is 10.0. The van der Waals surface area contributed by atoms with Gasteiger partial charge in [-0.15, -0.1) is 0 Å². The third kappa shape index (κ3) is 2.23. The second-order valence-electron chi connectivity index (χ2n) is 5.21. The van der Waals surface area contributed by atoms with E-state index in [-0.39, 0.29) is 0 Å². The third-order valence-corrected chi connectivity index (χ3v) is 3.81. The van der Waals surface area contributed by atoms with E-state index in [4.69, 9.17) is 0 Å². The highest BCUT2D eigenvalue weighted by molar-refractivity contribution is 6.08. The Balaban J connectivity index is 1.86. The van der Waals surface area contributed by atoms with E-state index in [0.29, 0.717) is 0 Å². The van der Waals surface area contributed by atoms with Gasteiger partial charge in [-0.05, 0) is 45.8 Å². The molecule has 0 bridgehead atoms. The van der Waals surface area contributed by atoms with Crippen LogP contribution in [0, 0.1) is 0 Å². The maximum atomic E-state index is 3.46. The first kappa shape index (κ1) is 12.0. The molecule has 0 saturated carbocycles. The summed E-state index contributed by atoms with van der Waals surface area (Å²) in [5.41, 5.74) is 2.22. The van der Waals surface area contributed by atoms with Crippen LogP contribution in [0.1, 0.15) is 0 Å². The van der Waals surface area contributed by atoms with Crippen molar-refractivity contribution in [1.29, 1.82) is 0 Å². The molecule has 4 aromatic carbocycles. The van der Waals surface area contributed by atoms with Crippen molar-refractivity contribution in [2.45, 2.75) is 0 Å². The minimum absolute atomic E-state index is 1.11. The summed E-state index contributed by atoms with van der Waals surface area (Å²) in [7, 11) is 0. The normalized spacial score (nSPS) is 10.9. The summed E-state index contributed by atoms with van der Waals surface area (Å²) in [4.78, 5) is 0. The summed E-state index contributed by atoms with van der Waals surface area (Å²) in [6, 6.07) is 29.7. The molecule has 0 heterocycles. The van der Waals surface area contributed by atoms with Crippen molar-refractivity contribution in [2.75, 3.05) is 5.32 Å². The van der Waals surface area contributed by atoms with Crippen LogP contribution in [-0.2, 0) is 0 Å². The van der Waals surface area contributed by atoms with Gasteiger partial charge in [-0.2, -0.15) is 0 Å². The molecular weight excluding hydrogens is 254 g/mol. The van der Waals surface area contributed by atoms with Gasteiger partial charge in [0.2, 0.25) is 0 Å². The van der Waals surface area contributed by atoms with E-state index < -0.39 is 0 Å². The van der Waals surface area contributed by atoms with Gasteiger partial charge in [0.1, 0.15) is 0 Å². The molecule has 0 aromatic heterocycles. The Kier molecular flexibility index (Phi) is 2.82. The molecule has 0 radical (unpaired) electrons. The van der Waals surface area contributed by atoms with Gasteiger partial charge in [-0.25, -0.2) is 0 Å². The van der Waals surface area contributed by atoms with Crippen molar-refractivity contribution < 1.29 is 0 Å². The summed E-state index contributed by atoms with van der Waals surface area (Å²) in [5.74, 6) is 0. The van der Waals surface area contributed by atoms with Crippen LogP contribution in [0.4, 0.5) is 11.4 Å². The monoisotopic (exact) mass is 269 g/mol. The van der Waals surface area contributed by atoms with Crippen molar-refractivity contribution in [2.24, 2.45) is 0 Å².